The number of nitrogens with one attached hydrogen (secondary N) is 1. The van der Waals surface area contributed by atoms with Crippen LogP contribution in [-0.2, 0) is 4.74 Å². The van der Waals surface area contributed by atoms with Crippen molar-refractivity contribution in [2.45, 2.75) is 38.6 Å². The molecule has 0 amide bonds. The third-order valence-corrected chi connectivity index (χ3v) is 4.15. The predicted octanol–water partition coefficient (Wildman–Crippen LogP) is 3.05. The van der Waals surface area contributed by atoms with Gasteiger partial charge in [-0.1, -0.05) is 0 Å². The first-order valence-corrected chi connectivity index (χ1v) is 7.52. The molecule has 20 heavy (non-hydrogen) atoms. The van der Waals surface area contributed by atoms with Crippen LogP contribution < -0.4 is 11.1 Å². The van der Waals surface area contributed by atoms with E-state index in [0.717, 1.165) is 17.5 Å². The second-order valence-corrected chi connectivity index (χ2v) is 5.87. The Labute approximate surface area is 119 Å². The van der Waals surface area contributed by atoms with Crippen LogP contribution in [0, 0.1) is 11.8 Å². The summed E-state index contributed by atoms with van der Waals surface area (Å²) in [6, 6.07) is 5.85. The van der Waals surface area contributed by atoms with Gasteiger partial charge in [0.2, 0.25) is 0 Å². The van der Waals surface area contributed by atoms with Crippen LogP contribution in [-0.4, -0.2) is 18.6 Å². The summed E-state index contributed by atoms with van der Waals surface area (Å²) in [5.74, 6) is 1.28. The van der Waals surface area contributed by atoms with E-state index in [4.69, 9.17) is 10.5 Å². The second kappa shape index (κ2) is 5.35. The molecule has 2 aliphatic rings. The van der Waals surface area contributed by atoms with Crippen LogP contribution in [0.5, 0.6) is 0 Å². The minimum Gasteiger partial charge on any atom is -0.462 e. The molecular formula is C16H22N2O2. The van der Waals surface area contributed by atoms with E-state index in [-0.39, 0.29) is 5.97 Å². The molecule has 3 rings (SSSR count). The smallest absolute Gasteiger partial charge is 0.338 e. The molecule has 2 saturated carbocycles. The van der Waals surface area contributed by atoms with Gasteiger partial charge < -0.3 is 15.8 Å². The number of rotatable bonds is 6. The number of carbonyl (C=O) groups is 1. The van der Waals surface area contributed by atoms with Crippen molar-refractivity contribution in [3.63, 3.8) is 0 Å². The first-order valence-electron chi connectivity index (χ1n) is 7.52. The summed E-state index contributed by atoms with van der Waals surface area (Å²) in [7, 11) is 0. The second-order valence-electron chi connectivity index (χ2n) is 5.87. The van der Waals surface area contributed by atoms with Crippen LogP contribution in [0.2, 0.25) is 0 Å². The summed E-state index contributed by atoms with van der Waals surface area (Å²) in [5, 5.41) is 3.58. The summed E-state index contributed by atoms with van der Waals surface area (Å²) in [4.78, 5) is 11.8. The molecule has 0 spiro atoms. The van der Waals surface area contributed by atoms with Crippen LogP contribution in [0.25, 0.3) is 0 Å². The van der Waals surface area contributed by atoms with E-state index < -0.39 is 0 Å². The van der Waals surface area contributed by atoms with Gasteiger partial charge in [0.05, 0.1) is 23.5 Å². The largest absolute Gasteiger partial charge is 0.462 e. The Morgan fingerprint density at radius 1 is 1.35 bits per heavy atom. The fourth-order valence-corrected chi connectivity index (χ4v) is 2.73. The molecule has 1 aromatic carbocycles. The summed E-state index contributed by atoms with van der Waals surface area (Å²) in [5.41, 5.74) is 8.18. The lowest BCUT2D eigenvalue weighted by Crippen LogP contribution is -2.25. The first kappa shape index (κ1) is 13.3. The lowest BCUT2D eigenvalue weighted by molar-refractivity contribution is 0.0526. The third-order valence-electron chi connectivity index (χ3n) is 4.15. The molecule has 4 heteroatoms. The minimum atomic E-state index is -0.287. The zero-order valence-electron chi connectivity index (χ0n) is 11.9. The van der Waals surface area contributed by atoms with Crippen molar-refractivity contribution in [2.24, 2.45) is 11.8 Å². The summed E-state index contributed by atoms with van der Waals surface area (Å²) < 4.78 is 5.04. The van der Waals surface area contributed by atoms with E-state index in [9.17, 15) is 4.79 Å². The van der Waals surface area contributed by atoms with Gasteiger partial charge in [-0.3, -0.25) is 0 Å². The van der Waals surface area contributed by atoms with Crippen molar-refractivity contribution in [3.05, 3.63) is 23.8 Å². The zero-order chi connectivity index (χ0) is 14.1. The Kier molecular flexibility index (Phi) is 3.55. The number of ether oxygens (including phenoxy) is 1. The van der Waals surface area contributed by atoms with Crippen LogP contribution in [0.1, 0.15) is 43.0 Å². The van der Waals surface area contributed by atoms with Crippen LogP contribution in [0.4, 0.5) is 11.4 Å². The molecule has 4 nitrogen and oxygen atoms in total. The molecule has 0 radical (unpaired) electrons. The number of hydrogen-bond acceptors (Lipinski definition) is 4. The number of anilines is 2. The number of esters is 1. The lowest BCUT2D eigenvalue weighted by atomic mass is 10.1. The van der Waals surface area contributed by atoms with Gasteiger partial charge in [0.15, 0.2) is 0 Å². The van der Waals surface area contributed by atoms with Gasteiger partial charge in [-0.25, -0.2) is 4.79 Å². The third kappa shape index (κ3) is 2.89. The maximum Gasteiger partial charge on any atom is 0.338 e. The van der Waals surface area contributed by atoms with Crippen molar-refractivity contribution in [1.82, 2.24) is 0 Å². The summed E-state index contributed by atoms with van der Waals surface area (Å²) in [6.07, 6.45) is 5.24. The Bertz CT molecular complexity index is 495. The topological polar surface area (TPSA) is 64.3 Å². The number of nitrogens with two attached hydrogens (primary N) is 1. The first-order chi connectivity index (χ1) is 9.69. The molecule has 0 unspecified atom stereocenters. The van der Waals surface area contributed by atoms with Crippen molar-refractivity contribution < 1.29 is 9.53 Å². The maximum atomic E-state index is 11.8. The monoisotopic (exact) mass is 274 g/mol. The minimum absolute atomic E-state index is 0.287. The zero-order valence-corrected chi connectivity index (χ0v) is 11.9. The molecule has 0 atom stereocenters. The van der Waals surface area contributed by atoms with Crippen LogP contribution in [0.15, 0.2) is 18.2 Å². The quantitative estimate of drug-likeness (QED) is 0.618. The van der Waals surface area contributed by atoms with Gasteiger partial charge in [-0.15, -0.1) is 0 Å². The van der Waals surface area contributed by atoms with Crippen molar-refractivity contribution in [3.8, 4) is 0 Å². The average molecular weight is 274 g/mol. The van der Waals surface area contributed by atoms with Crippen molar-refractivity contribution in [2.75, 3.05) is 17.7 Å². The molecule has 1 aromatic rings. The highest BCUT2D eigenvalue weighted by molar-refractivity contribution is 5.92. The Balaban J connectivity index is 1.77. The van der Waals surface area contributed by atoms with Gasteiger partial charge in [-0.05, 0) is 62.6 Å². The normalized spacial score (nSPS) is 18.1. The molecule has 108 valence electrons. The molecule has 0 bridgehead atoms. The van der Waals surface area contributed by atoms with Crippen LogP contribution >= 0.6 is 0 Å². The van der Waals surface area contributed by atoms with Crippen molar-refractivity contribution >= 4 is 17.3 Å². The molecule has 2 fully saturated rings. The molecule has 3 N–H and O–H groups in total. The fourth-order valence-electron chi connectivity index (χ4n) is 2.73. The van der Waals surface area contributed by atoms with Crippen LogP contribution in [0.3, 0.4) is 0 Å². The van der Waals surface area contributed by atoms with Gasteiger partial charge in [0.1, 0.15) is 0 Å². The van der Waals surface area contributed by atoms with E-state index >= 15 is 0 Å². The Morgan fingerprint density at radius 3 is 2.55 bits per heavy atom. The molecule has 0 heterocycles. The summed E-state index contributed by atoms with van der Waals surface area (Å²) >= 11 is 0. The van der Waals surface area contributed by atoms with Gasteiger partial charge in [0.25, 0.3) is 0 Å². The van der Waals surface area contributed by atoms with E-state index in [1.54, 1.807) is 12.1 Å². The molecule has 2 aliphatic carbocycles. The fraction of sp³-hybridized carbons (Fsp3) is 0.562. The highest BCUT2D eigenvalue weighted by Gasteiger charge is 2.41. The predicted molar refractivity (Wildman–Crippen MR) is 79.7 cm³/mol. The Morgan fingerprint density at radius 2 is 2.00 bits per heavy atom. The van der Waals surface area contributed by atoms with Gasteiger partial charge in [-0.2, -0.15) is 0 Å². The number of benzene rings is 1. The highest BCUT2D eigenvalue weighted by Crippen LogP contribution is 2.46. The Hall–Kier alpha value is -1.71. The maximum absolute atomic E-state index is 11.8. The van der Waals surface area contributed by atoms with Crippen molar-refractivity contribution in [1.29, 1.82) is 0 Å². The SMILES string of the molecule is CCOC(=O)c1ccc(N)c(NC(C2CC2)C2CC2)c1. The highest BCUT2D eigenvalue weighted by atomic mass is 16.5. The van der Waals surface area contributed by atoms with Gasteiger partial charge >= 0.3 is 5.97 Å². The molecule has 0 aliphatic heterocycles. The number of carbonyl (C=O) groups excluding carboxylic acids is 1. The van der Waals surface area contributed by atoms with E-state index in [1.165, 1.54) is 25.7 Å². The molecule has 0 saturated heterocycles. The van der Waals surface area contributed by atoms with Gasteiger partial charge in [0, 0.05) is 6.04 Å². The summed E-state index contributed by atoms with van der Waals surface area (Å²) in [6.45, 7) is 2.20. The van der Waals surface area contributed by atoms with E-state index in [1.807, 2.05) is 13.0 Å². The standard InChI is InChI=1S/C16H22N2O2/c1-2-20-16(19)12-7-8-13(17)14(9-12)18-15(10-3-4-10)11-5-6-11/h7-11,15,18H,2-6,17H2,1H3. The van der Waals surface area contributed by atoms with E-state index in [0.29, 0.717) is 23.9 Å². The lowest BCUT2D eigenvalue weighted by Gasteiger charge is -2.20. The average Bonchev–Trinajstić information content (AvgIpc) is 3.29. The number of hydrogen-bond donors (Lipinski definition) is 2. The molecule has 0 aromatic heterocycles. The number of nitrogen functional groups attached to an aromatic ring is 1. The van der Waals surface area contributed by atoms with E-state index in [2.05, 4.69) is 5.32 Å². The molecular weight excluding hydrogens is 252 g/mol.